The van der Waals surface area contributed by atoms with Crippen LogP contribution in [0.2, 0.25) is 10.0 Å². The number of carbonyl (C=O) groups is 4. The van der Waals surface area contributed by atoms with Crippen LogP contribution in [0.4, 0.5) is 0 Å². The zero-order valence-corrected chi connectivity index (χ0v) is 23.7. The molecule has 0 saturated carbocycles. The Kier molecular flexibility index (Phi) is 7.51. The fourth-order valence-corrected chi connectivity index (χ4v) is 6.86. The lowest BCUT2D eigenvalue weighted by Crippen LogP contribution is -2.70. The van der Waals surface area contributed by atoms with Crippen LogP contribution in [-0.4, -0.2) is 67.8 Å². The number of halogens is 2. The molecule has 0 spiro atoms. The Bertz CT molecular complexity index is 1490. The van der Waals surface area contributed by atoms with Gasteiger partial charge in [0.05, 0.1) is 15.6 Å². The highest BCUT2D eigenvalue weighted by Gasteiger charge is 2.64. The van der Waals surface area contributed by atoms with Crippen molar-refractivity contribution < 1.29 is 33.2 Å². The first-order valence-electron chi connectivity index (χ1n) is 12.0. The van der Waals surface area contributed by atoms with Crippen LogP contribution < -0.4 is 5.32 Å². The second kappa shape index (κ2) is 10.8. The number of rotatable bonds is 7. The fraction of sp³-hybridized carbons (Fsp3) is 0.308. The first-order valence-corrected chi connectivity index (χ1v) is 13.6. The summed E-state index contributed by atoms with van der Waals surface area (Å²) in [6.07, 6.45) is 2.83. The number of amides is 2. The van der Waals surface area contributed by atoms with E-state index in [1.165, 1.54) is 35.1 Å². The second-order valence-electron chi connectivity index (χ2n) is 9.52. The molecule has 3 atom stereocenters. The molecule has 4 heterocycles. The number of fused-ring (bicyclic) bond motifs is 1. The lowest BCUT2D eigenvalue weighted by atomic mass is 9.95. The normalized spacial score (nSPS) is 20.9. The Morgan fingerprint density at radius 1 is 1.15 bits per heavy atom. The predicted octanol–water partition coefficient (Wildman–Crippen LogP) is 3.87. The summed E-state index contributed by atoms with van der Waals surface area (Å²) in [5, 5.41) is 6.74. The molecular formula is C26H22Cl2N4O7S. The number of ether oxygens (including phenoxy) is 2. The van der Waals surface area contributed by atoms with Gasteiger partial charge in [0.1, 0.15) is 34.5 Å². The molecule has 2 amide bonds. The van der Waals surface area contributed by atoms with Crippen molar-refractivity contribution in [1.82, 2.24) is 20.4 Å². The van der Waals surface area contributed by atoms with Gasteiger partial charge in [0.15, 0.2) is 0 Å². The van der Waals surface area contributed by atoms with Gasteiger partial charge in [-0.2, -0.15) is 0 Å². The number of hydrogen-bond donors (Lipinski definition) is 1. The number of nitrogens with one attached hydrogen (secondary N) is 1. The Morgan fingerprint density at radius 2 is 1.88 bits per heavy atom. The maximum absolute atomic E-state index is 13.4. The predicted molar refractivity (Wildman–Crippen MR) is 145 cm³/mol. The summed E-state index contributed by atoms with van der Waals surface area (Å²) in [6.45, 7) is 4.51. The second-order valence-corrected chi connectivity index (χ2v) is 12.1. The summed E-state index contributed by atoms with van der Waals surface area (Å²) < 4.78 is 14.7. The van der Waals surface area contributed by atoms with E-state index in [1.807, 2.05) is 0 Å². The van der Waals surface area contributed by atoms with Gasteiger partial charge >= 0.3 is 11.9 Å². The lowest BCUT2D eigenvalue weighted by Gasteiger charge is -2.43. The molecule has 208 valence electrons. The van der Waals surface area contributed by atoms with E-state index in [1.54, 1.807) is 45.0 Å². The third-order valence-electron chi connectivity index (χ3n) is 6.53. The van der Waals surface area contributed by atoms with Crippen LogP contribution in [0.3, 0.4) is 0 Å². The molecule has 11 nitrogen and oxygen atoms in total. The van der Waals surface area contributed by atoms with Gasteiger partial charge in [-0.3, -0.25) is 14.6 Å². The molecule has 2 fully saturated rings. The van der Waals surface area contributed by atoms with E-state index in [-0.39, 0.29) is 32.6 Å². The van der Waals surface area contributed by atoms with E-state index in [2.05, 4.69) is 15.5 Å². The molecule has 0 aliphatic carbocycles. The number of aromatic nitrogens is 2. The van der Waals surface area contributed by atoms with Crippen LogP contribution in [0.15, 0.2) is 47.2 Å². The van der Waals surface area contributed by atoms with Crippen molar-refractivity contribution in [3.05, 3.63) is 69.7 Å². The van der Waals surface area contributed by atoms with Gasteiger partial charge in [0, 0.05) is 22.7 Å². The summed E-state index contributed by atoms with van der Waals surface area (Å²) in [7, 11) is 0. The van der Waals surface area contributed by atoms with Gasteiger partial charge in [-0.05, 0) is 45.0 Å². The van der Waals surface area contributed by atoms with E-state index in [0.29, 0.717) is 5.56 Å². The highest BCUT2D eigenvalue weighted by molar-refractivity contribution is 8.01. The van der Waals surface area contributed by atoms with E-state index < -0.39 is 52.8 Å². The van der Waals surface area contributed by atoms with Crippen LogP contribution in [0.1, 0.15) is 40.3 Å². The van der Waals surface area contributed by atoms with Crippen molar-refractivity contribution in [3.8, 4) is 11.3 Å². The Balaban J connectivity index is 1.26. The third kappa shape index (κ3) is 4.91. The highest BCUT2D eigenvalue weighted by atomic mass is 35.5. The molecule has 5 rings (SSSR count). The molecule has 2 aliphatic heterocycles. The monoisotopic (exact) mass is 604 g/mol. The third-order valence-corrected chi connectivity index (χ3v) is 8.73. The van der Waals surface area contributed by atoms with E-state index in [4.69, 9.17) is 37.2 Å². The summed E-state index contributed by atoms with van der Waals surface area (Å²) >= 11 is 14.0. The van der Waals surface area contributed by atoms with Crippen molar-refractivity contribution in [2.45, 2.75) is 43.0 Å². The van der Waals surface area contributed by atoms with Crippen LogP contribution in [0.25, 0.3) is 11.3 Å². The molecule has 2 aliphatic rings. The molecule has 0 bridgehead atoms. The molecule has 1 N–H and O–H groups in total. The van der Waals surface area contributed by atoms with Crippen LogP contribution in [-0.2, 0) is 19.1 Å². The first-order chi connectivity index (χ1) is 19.0. The average Bonchev–Trinajstić information content (AvgIpc) is 3.41. The molecule has 1 aromatic carbocycles. The molecule has 2 saturated heterocycles. The number of carbonyl (C=O) groups excluding carboxylic acids is 4. The summed E-state index contributed by atoms with van der Waals surface area (Å²) in [5.74, 6) is -2.29. The highest BCUT2D eigenvalue weighted by Crippen LogP contribution is 2.51. The number of hydrogen-bond acceptors (Lipinski definition) is 10. The number of thioether (sulfide) groups is 1. The maximum Gasteiger partial charge on any atom is 0.342 e. The number of nitrogens with zero attached hydrogens (tertiary/aromatic N) is 3. The van der Waals surface area contributed by atoms with Gasteiger partial charge in [-0.25, -0.2) is 9.59 Å². The van der Waals surface area contributed by atoms with Gasteiger partial charge in [0.2, 0.25) is 12.7 Å². The summed E-state index contributed by atoms with van der Waals surface area (Å²) in [4.78, 5) is 56.8. The molecule has 0 radical (unpaired) electrons. The number of β-lactam (4-membered cyclic amide) rings is 1. The van der Waals surface area contributed by atoms with E-state index >= 15 is 0 Å². The molecule has 0 unspecified atom stereocenters. The van der Waals surface area contributed by atoms with Crippen molar-refractivity contribution >= 4 is 58.7 Å². The maximum atomic E-state index is 13.4. The number of pyridine rings is 1. The Labute approximate surface area is 242 Å². The minimum absolute atomic E-state index is 0.0925. The standard InChI is InChI=1S/C26H22Cl2N4O7S/c1-12-16(18(31-39-12)17-14(27)7-4-8-15(17)28)21(33)30-19-22(34)32-20(26(2,3)40-23(19)32)25(36)38-11-37-24(35)13-6-5-9-29-10-13/h4-10,19-20,23H,11H2,1-3H3,(H,30,33)/t19-,20+,23-/m1/s1. The zero-order valence-electron chi connectivity index (χ0n) is 21.3. The van der Waals surface area contributed by atoms with E-state index in [0.717, 1.165) is 0 Å². The van der Waals surface area contributed by atoms with Crippen LogP contribution >= 0.6 is 35.0 Å². The number of aryl methyl sites for hydroxylation is 1. The number of esters is 2. The average molecular weight is 605 g/mol. The van der Waals surface area contributed by atoms with Crippen molar-refractivity contribution in [2.75, 3.05) is 6.79 Å². The summed E-state index contributed by atoms with van der Waals surface area (Å²) in [6, 6.07) is 6.09. The van der Waals surface area contributed by atoms with Crippen molar-refractivity contribution in [2.24, 2.45) is 0 Å². The number of benzene rings is 1. The Morgan fingerprint density at radius 3 is 2.55 bits per heavy atom. The quantitative estimate of drug-likeness (QED) is 0.240. The SMILES string of the molecule is Cc1onc(-c2c(Cl)cccc2Cl)c1C(=O)N[C@@H]1C(=O)N2[C@@H]1SC(C)(C)[C@@H]2C(=O)OCOC(=O)c1cccnc1. The smallest absolute Gasteiger partial charge is 0.342 e. The van der Waals surface area contributed by atoms with Crippen molar-refractivity contribution in [1.29, 1.82) is 0 Å². The largest absolute Gasteiger partial charge is 0.426 e. The molecule has 40 heavy (non-hydrogen) atoms. The summed E-state index contributed by atoms with van der Waals surface area (Å²) in [5.41, 5.74) is 0.776. The topological polar surface area (TPSA) is 141 Å². The molecule has 14 heteroatoms. The van der Waals surface area contributed by atoms with E-state index in [9.17, 15) is 19.2 Å². The lowest BCUT2D eigenvalue weighted by molar-refractivity contribution is -0.168. The molecule has 3 aromatic rings. The first kappa shape index (κ1) is 27.9. The van der Waals surface area contributed by atoms with Gasteiger partial charge in [0.25, 0.3) is 5.91 Å². The minimum Gasteiger partial charge on any atom is -0.426 e. The molecular weight excluding hydrogens is 583 g/mol. The van der Waals surface area contributed by atoms with Gasteiger partial charge in [-0.1, -0.05) is 34.4 Å². The minimum atomic E-state index is -0.963. The van der Waals surface area contributed by atoms with Crippen LogP contribution in [0.5, 0.6) is 0 Å². The van der Waals surface area contributed by atoms with Crippen LogP contribution in [0, 0.1) is 6.92 Å². The van der Waals surface area contributed by atoms with Crippen molar-refractivity contribution in [3.63, 3.8) is 0 Å². The molecule has 2 aromatic heterocycles. The van der Waals surface area contributed by atoms with Gasteiger partial charge < -0.3 is 24.2 Å². The fourth-order valence-electron chi connectivity index (χ4n) is 4.66. The Hall–Kier alpha value is -3.61. The zero-order chi connectivity index (χ0) is 28.8. The van der Waals surface area contributed by atoms with Gasteiger partial charge in [-0.15, -0.1) is 11.8 Å².